The Kier molecular flexibility index (Phi) is 23.9. The van der Waals surface area contributed by atoms with Crippen molar-refractivity contribution in [1.29, 1.82) is 0 Å². The summed E-state index contributed by atoms with van der Waals surface area (Å²) in [7, 11) is 2.96. The van der Waals surface area contributed by atoms with Crippen LogP contribution < -0.4 is 15.4 Å². The molecule has 1 saturated heterocycles. The lowest BCUT2D eigenvalue weighted by atomic mass is 9.93. The number of carboxylic acids is 1. The first kappa shape index (κ1) is 54.9. The van der Waals surface area contributed by atoms with Crippen molar-refractivity contribution in [2.45, 2.75) is 131 Å². The van der Waals surface area contributed by atoms with Gasteiger partial charge in [-0.1, -0.05) is 82.3 Å². The van der Waals surface area contributed by atoms with Gasteiger partial charge in [0, 0.05) is 25.6 Å². The number of carboxylic acid groups (broad SMARTS) is 1. The Bertz CT molecular complexity index is 1970. The molecule has 2 aromatic carbocycles. The fraction of sp³-hybridized carbons (Fsp3) is 0.562. The number of aromatic nitrogens is 3. The van der Waals surface area contributed by atoms with E-state index in [2.05, 4.69) is 69.5 Å². The van der Waals surface area contributed by atoms with Crippen LogP contribution in [0.5, 0.6) is 5.75 Å². The van der Waals surface area contributed by atoms with Crippen molar-refractivity contribution in [3.8, 4) is 5.75 Å². The summed E-state index contributed by atoms with van der Waals surface area (Å²) in [5, 5.41) is 23.6. The van der Waals surface area contributed by atoms with E-state index in [-0.39, 0.29) is 49.4 Å². The van der Waals surface area contributed by atoms with Gasteiger partial charge < -0.3 is 34.7 Å². The van der Waals surface area contributed by atoms with Crippen LogP contribution in [0.3, 0.4) is 0 Å². The van der Waals surface area contributed by atoms with Gasteiger partial charge in [0.2, 0.25) is 11.8 Å². The molecule has 0 saturated carbocycles. The van der Waals surface area contributed by atoms with Crippen molar-refractivity contribution in [2.24, 2.45) is 17.3 Å². The van der Waals surface area contributed by atoms with E-state index in [0.717, 1.165) is 34.4 Å². The minimum absolute atomic E-state index is 0.000411. The molecule has 354 valence electrons. The number of benzene rings is 2. The van der Waals surface area contributed by atoms with Gasteiger partial charge >= 0.3 is 17.9 Å². The number of rotatable bonds is 24. The molecule has 2 amide bonds. The van der Waals surface area contributed by atoms with E-state index in [1.54, 1.807) is 44.0 Å². The third-order valence-corrected chi connectivity index (χ3v) is 10.4. The molecule has 1 aromatic heterocycles. The van der Waals surface area contributed by atoms with Crippen molar-refractivity contribution in [1.82, 2.24) is 25.6 Å². The van der Waals surface area contributed by atoms with Gasteiger partial charge in [-0.3, -0.25) is 19.2 Å². The van der Waals surface area contributed by atoms with E-state index < -0.39 is 41.3 Å². The molecule has 16 heteroatoms. The van der Waals surface area contributed by atoms with E-state index in [1.165, 1.54) is 13.2 Å². The average Bonchev–Trinajstić information content (AvgIpc) is 3.96. The zero-order valence-electron chi connectivity index (χ0n) is 39.5. The molecule has 15 nitrogen and oxygen atoms in total. The number of carbonyl (C=O) groups is 5. The van der Waals surface area contributed by atoms with Crippen LogP contribution in [0.25, 0.3) is 0 Å². The molecule has 0 spiro atoms. The Balaban J connectivity index is 0.00000342. The smallest absolute Gasteiger partial charge is 0.345 e. The van der Waals surface area contributed by atoms with Gasteiger partial charge in [-0.05, 0) is 105 Å². The van der Waals surface area contributed by atoms with Crippen molar-refractivity contribution in [3.63, 3.8) is 0 Å². The van der Waals surface area contributed by atoms with Crippen LogP contribution >= 0.6 is 12.6 Å². The largest absolute Gasteiger partial charge is 0.496 e. The highest BCUT2D eigenvalue weighted by Crippen LogP contribution is 2.44. The molecule has 5 atom stereocenters. The number of aryl methyl sites for hydroxylation is 2. The number of amides is 2. The third kappa shape index (κ3) is 18.5. The molecule has 2 heterocycles. The number of epoxide rings is 1. The second-order valence-corrected chi connectivity index (χ2v) is 16.6. The summed E-state index contributed by atoms with van der Waals surface area (Å²) >= 11 is 3.53. The lowest BCUT2D eigenvalue weighted by Crippen LogP contribution is -2.51. The Labute approximate surface area is 384 Å². The van der Waals surface area contributed by atoms with Gasteiger partial charge in [-0.25, -0.2) is 9.48 Å². The van der Waals surface area contributed by atoms with Gasteiger partial charge in [0.15, 0.2) is 6.10 Å². The van der Waals surface area contributed by atoms with Gasteiger partial charge in [0.1, 0.15) is 17.9 Å². The number of hydrogen-bond acceptors (Lipinski definition) is 12. The highest BCUT2D eigenvalue weighted by atomic mass is 32.1. The summed E-state index contributed by atoms with van der Waals surface area (Å²) in [5.74, 6) is -2.23. The molecular formula is C48H71N5O10S. The van der Waals surface area contributed by atoms with Crippen LogP contribution in [0.1, 0.15) is 115 Å². The molecule has 1 aliphatic rings. The minimum atomic E-state index is -1.30. The molecular weight excluding hydrogens is 839 g/mol. The van der Waals surface area contributed by atoms with Crippen LogP contribution in [0, 0.1) is 24.2 Å². The molecule has 64 heavy (non-hydrogen) atoms. The number of nitrogens with one attached hydrogen (secondary N) is 2. The number of allylic oxidation sites excluding steroid dienone is 1. The number of thiol groups is 1. The van der Waals surface area contributed by atoms with Crippen LogP contribution in [0.15, 0.2) is 60.8 Å². The summed E-state index contributed by atoms with van der Waals surface area (Å²) in [5.41, 5.74) is 3.43. The standard InChI is InChI=1S/C45H61N5O10.C2H6.CH4S/c1-28(2)22-37(43(54)55)59-44(56)45(5,6)27-46-42(53)35(24-32-18-21-36(57-7)30(4)23-32)47-38(51)14-10-9-12-29(3)40-41(60-40)33-19-16-31(17-20-33)25-50-26-34(48-49-50)13-11-15-39(52)58-8;2*1-2/h10,14,16-21,23,26,28-29,35,37,40-41H,9,11-13,15,22,24-25,27H2,1-8H3,(H,46,53)(H,47,51)(H,54,55);1-2H3;2H,1H3/b14-10+;;/t29-,35+,37-,40?,41?;;/m0../s1. The quantitative estimate of drug-likeness (QED) is 0.0310. The Hall–Kier alpha value is -5.22. The lowest BCUT2D eigenvalue weighted by molar-refractivity contribution is -0.171. The molecule has 0 radical (unpaired) electrons. The first-order valence-electron chi connectivity index (χ1n) is 22.0. The maximum atomic E-state index is 13.6. The number of aliphatic carboxylic acids is 1. The van der Waals surface area contributed by atoms with Gasteiger partial charge in [0.25, 0.3) is 0 Å². The molecule has 3 N–H and O–H groups in total. The van der Waals surface area contributed by atoms with Gasteiger partial charge in [0.05, 0.1) is 38.0 Å². The van der Waals surface area contributed by atoms with E-state index >= 15 is 0 Å². The summed E-state index contributed by atoms with van der Waals surface area (Å²) in [6.45, 7) is 15.3. The minimum Gasteiger partial charge on any atom is -0.496 e. The number of carbonyl (C=O) groups excluding carboxylic acids is 4. The van der Waals surface area contributed by atoms with Crippen LogP contribution in [-0.2, 0) is 57.6 Å². The fourth-order valence-electron chi connectivity index (χ4n) is 6.74. The van der Waals surface area contributed by atoms with Crippen molar-refractivity contribution in [3.05, 3.63) is 88.8 Å². The van der Waals surface area contributed by atoms with Crippen molar-refractivity contribution >= 4 is 42.4 Å². The van der Waals surface area contributed by atoms with Gasteiger partial charge in [-0.2, -0.15) is 12.6 Å². The Morgan fingerprint density at radius 1 is 1.02 bits per heavy atom. The summed E-state index contributed by atoms with van der Waals surface area (Å²) in [4.78, 5) is 62.8. The summed E-state index contributed by atoms with van der Waals surface area (Å²) in [6.07, 6.45) is 8.98. The average molecular weight is 910 g/mol. The molecule has 1 fully saturated rings. The van der Waals surface area contributed by atoms with Crippen LogP contribution in [0.4, 0.5) is 0 Å². The lowest BCUT2D eigenvalue weighted by Gasteiger charge is -2.27. The number of esters is 2. The van der Waals surface area contributed by atoms with Crippen LogP contribution in [0.2, 0.25) is 0 Å². The first-order chi connectivity index (χ1) is 30.5. The fourth-order valence-corrected chi connectivity index (χ4v) is 6.74. The predicted molar refractivity (Wildman–Crippen MR) is 249 cm³/mol. The summed E-state index contributed by atoms with van der Waals surface area (Å²) in [6, 6.07) is 12.8. The number of nitrogens with zero attached hydrogens (tertiary/aromatic N) is 3. The molecule has 1 aliphatic heterocycles. The van der Waals surface area contributed by atoms with Crippen molar-refractivity contribution < 1.29 is 48.0 Å². The zero-order chi connectivity index (χ0) is 48.0. The number of ether oxygens (including phenoxy) is 4. The maximum absolute atomic E-state index is 13.6. The normalized spacial score (nSPS) is 15.6. The van der Waals surface area contributed by atoms with E-state index in [1.807, 2.05) is 52.9 Å². The predicted octanol–water partition coefficient (Wildman–Crippen LogP) is 7.04. The molecule has 2 unspecified atom stereocenters. The first-order valence-corrected chi connectivity index (χ1v) is 22.9. The maximum Gasteiger partial charge on any atom is 0.345 e. The zero-order valence-corrected chi connectivity index (χ0v) is 40.4. The second kappa shape index (κ2) is 27.9. The second-order valence-electron chi connectivity index (χ2n) is 16.6. The highest BCUT2D eigenvalue weighted by Gasteiger charge is 2.43. The molecule has 3 aromatic rings. The Morgan fingerprint density at radius 2 is 1.69 bits per heavy atom. The number of hydrogen-bond donors (Lipinski definition) is 4. The molecule has 0 bridgehead atoms. The van der Waals surface area contributed by atoms with E-state index in [4.69, 9.17) is 14.2 Å². The third-order valence-electron chi connectivity index (χ3n) is 10.4. The monoisotopic (exact) mass is 909 g/mol. The topological polar surface area (TPSA) is 201 Å². The molecule has 0 aliphatic carbocycles. The Morgan fingerprint density at radius 3 is 2.30 bits per heavy atom. The number of methoxy groups -OCH3 is 2. The highest BCUT2D eigenvalue weighted by molar-refractivity contribution is 7.79. The van der Waals surface area contributed by atoms with Crippen LogP contribution in [-0.4, -0.2) is 95.1 Å². The summed E-state index contributed by atoms with van der Waals surface area (Å²) < 4.78 is 23.2. The van der Waals surface area contributed by atoms with E-state index in [9.17, 15) is 29.1 Å². The van der Waals surface area contributed by atoms with E-state index in [0.29, 0.717) is 38.0 Å². The molecule has 4 rings (SSSR count). The SMILES string of the molecule is CC.COC(=O)CCCc1cn(Cc2ccc(C3OC3[C@@H](C)CC/C=C/C(=O)N[C@H](Cc3ccc(OC)c(C)c3)C(=O)NCC(C)(C)C(=O)O[C@@H](CC(C)C)C(=O)O)cc2)nn1.CS. The van der Waals surface area contributed by atoms with Gasteiger partial charge in [-0.15, -0.1) is 5.10 Å². The van der Waals surface area contributed by atoms with Crippen molar-refractivity contribution in [2.75, 3.05) is 27.0 Å².